The lowest BCUT2D eigenvalue weighted by atomic mass is 9.95. The minimum Gasteiger partial charge on any atom is -0.507 e. The van der Waals surface area contributed by atoms with E-state index in [1.54, 1.807) is 6.07 Å². The molecule has 0 bridgehead atoms. The number of hydrogen-bond acceptors (Lipinski definition) is 6. The van der Waals surface area contributed by atoms with Crippen LogP contribution in [0.3, 0.4) is 0 Å². The van der Waals surface area contributed by atoms with Crippen LogP contribution in [-0.4, -0.2) is 65.0 Å². The first-order valence-electron chi connectivity index (χ1n) is 10.4. The zero-order valence-electron chi connectivity index (χ0n) is 18.0. The molecule has 7 heteroatoms. The van der Waals surface area contributed by atoms with Gasteiger partial charge in [-0.1, -0.05) is 44.2 Å². The Morgan fingerprint density at radius 3 is 2.35 bits per heavy atom. The van der Waals surface area contributed by atoms with Gasteiger partial charge in [-0.3, -0.25) is 9.59 Å². The van der Waals surface area contributed by atoms with E-state index in [2.05, 4.69) is 4.90 Å². The van der Waals surface area contributed by atoms with Crippen LogP contribution >= 0.6 is 0 Å². The molecular weight excluding hydrogens is 396 g/mol. The van der Waals surface area contributed by atoms with E-state index < -0.39 is 23.5 Å². The third kappa shape index (κ3) is 4.41. The largest absolute Gasteiger partial charge is 0.507 e. The molecule has 0 spiro atoms. The highest BCUT2D eigenvalue weighted by atomic mass is 16.5. The summed E-state index contributed by atoms with van der Waals surface area (Å²) in [6.45, 7) is 6.69. The summed E-state index contributed by atoms with van der Waals surface area (Å²) in [6, 6.07) is 12.8. The van der Waals surface area contributed by atoms with Crippen molar-refractivity contribution in [2.45, 2.75) is 19.9 Å². The van der Waals surface area contributed by atoms with E-state index in [4.69, 9.17) is 4.74 Å². The standard InChI is InChI=1S/C24H28N2O5/c1-4-25(5-2)13-14-26-21(16-9-7-6-8-10-16)20(23(29)24(26)30)22(28)18-12-11-17(31-3)15-19(18)27/h6-12,15,21,27-28H,4-5,13-14H2,1-3H3/t21-/m0/s1. The molecule has 164 valence electrons. The number of aliphatic hydroxyl groups excluding tert-OH is 1. The zero-order chi connectivity index (χ0) is 22.5. The molecule has 0 aromatic heterocycles. The number of likely N-dealkylation sites (tertiary alicyclic amines) is 1. The second-order valence-electron chi connectivity index (χ2n) is 7.31. The number of ketones is 1. The number of Topliss-reactive ketones (excluding diaryl/α,β-unsaturated/α-hetero) is 1. The maximum absolute atomic E-state index is 13.0. The van der Waals surface area contributed by atoms with Crippen LogP contribution < -0.4 is 4.74 Å². The number of hydrogen-bond donors (Lipinski definition) is 2. The van der Waals surface area contributed by atoms with Gasteiger partial charge in [0.25, 0.3) is 11.7 Å². The Hall–Kier alpha value is -3.32. The van der Waals surface area contributed by atoms with Crippen molar-refractivity contribution in [1.29, 1.82) is 0 Å². The summed E-state index contributed by atoms with van der Waals surface area (Å²) in [6.07, 6.45) is 0. The summed E-state index contributed by atoms with van der Waals surface area (Å²) in [7, 11) is 1.46. The zero-order valence-corrected chi connectivity index (χ0v) is 18.0. The van der Waals surface area contributed by atoms with Crippen LogP contribution in [0.1, 0.15) is 31.0 Å². The van der Waals surface area contributed by atoms with Gasteiger partial charge in [-0.15, -0.1) is 0 Å². The topological polar surface area (TPSA) is 90.3 Å². The number of carbonyl (C=O) groups excluding carboxylic acids is 2. The number of nitrogens with zero attached hydrogens (tertiary/aromatic N) is 2. The van der Waals surface area contributed by atoms with Crippen molar-refractivity contribution < 1.29 is 24.5 Å². The molecule has 0 saturated carbocycles. The van der Waals surface area contributed by atoms with Crippen molar-refractivity contribution in [2.75, 3.05) is 33.3 Å². The van der Waals surface area contributed by atoms with Crippen molar-refractivity contribution in [3.8, 4) is 11.5 Å². The summed E-state index contributed by atoms with van der Waals surface area (Å²) in [5.41, 5.74) is 0.760. The highest BCUT2D eigenvalue weighted by Crippen LogP contribution is 2.41. The van der Waals surface area contributed by atoms with E-state index >= 15 is 0 Å². The molecule has 2 aromatic rings. The van der Waals surface area contributed by atoms with Crippen molar-refractivity contribution in [3.63, 3.8) is 0 Å². The number of methoxy groups -OCH3 is 1. The van der Waals surface area contributed by atoms with Gasteiger partial charge >= 0.3 is 0 Å². The first-order valence-corrected chi connectivity index (χ1v) is 10.4. The number of aromatic hydroxyl groups is 1. The predicted octanol–water partition coefficient (Wildman–Crippen LogP) is 3.16. The second kappa shape index (κ2) is 9.66. The Bertz CT molecular complexity index is 983. The molecule has 3 rings (SSSR count). The van der Waals surface area contributed by atoms with E-state index in [-0.39, 0.29) is 16.9 Å². The smallest absolute Gasteiger partial charge is 0.295 e. The van der Waals surface area contributed by atoms with E-state index in [1.165, 1.54) is 24.1 Å². The fraction of sp³-hybridized carbons (Fsp3) is 0.333. The molecule has 1 atom stereocenters. The molecule has 2 N–H and O–H groups in total. The average Bonchev–Trinajstić information content (AvgIpc) is 3.04. The van der Waals surface area contributed by atoms with Gasteiger partial charge in [-0.2, -0.15) is 0 Å². The summed E-state index contributed by atoms with van der Waals surface area (Å²) < 4.78 is 5.08. The normalized spacial score (nSPS) is 18.1. The SMILES string of the molecule is CCN(CC)CCN1C(=O)C(=O)C(=C(O)c2ccc(OC)cc2O)[C@@H]1c1ccccc1. The molecule has 7 nitrogen and oxygen atoms in total. The molecule has 31 heavy (non-hydrogen) atoms. The minimum atomic E-state index is -0.763. The summed E-state index contributed by atoms with van der Waals surface area (Å²) in [5, 5.41) is 21.4. The Morgan fingerprint density at radius 2 is 1.77 bits per heavy atom. The molecule has 1 aliphatic rings. The highest BCUT2D eigenvalue weighted by molar-refractivity contribution is 6.46. The Labute approximate surface area is 182 Å². The summed E-state index contributed by atoms with van der Waals surface area (Å²) in [4.78, 5) is 29.6. The van der Waals surface area contributed by atoms with Crippen molar-refractivity contribution in [3.05, 3.63) is 65.2 Å². The fourth-order valence-corrected chi connectivity index (χ4v) is 3.87. The number of phenols is 1. The number of rotatable bonds is 8. The number of likely N-dealkylation sites (N-methyl/N-ethyl adjacent to an activating group) is 1. The molecule has 1 amide bonds. The highest BCUT2D eigenvalue weighted by Gasteiger charge is 2.46. The first-order chi connectivity index (χ1) is 14.9. The van der Waals surface area contributed by atoms with Gasteiger partial charge in [-0.25, -0.2) is 0 Å². The molecule has 0 unspecified atom stereocenters. The van der Waals surface area contributed by atoms with E-state index in [0.717, 1.165) is 18.7 Å². The van der Waals surface area contributed by atoms with Crippen LogP contribution in [0.2, 0.25) is 0 Å². The van der Waals surface area contributed by atoms with Gasteiger partial charge in [0.05, 0.1) is 24.3 Å². The number of amides is 1. The van der Waals surface area contributed by atoms with E-state index in [9.17, 15) is 19.8 Å². The van der Waals surface area contributed by atoms with Crippen LogP contribution in [0.5, 0.6) is 11.5 Å². The van der Waals surface area contributed by atoms with Gasteiger partial charge in [0.15, 0.2) is 0 Å². The number of ether oxygens (including phenoxy) is 1. The molecular formula is C24H28N2O5. The Balaban J connectivity index is 2.10. The molecule has 2 aromatic carbocycles. The van der Waals surface area contributed by atoms with Crippen LogP contribution in [0, 0.1) is 0 Å². The summed E-state index contributed by atoms with van der Waals surface area (Å²) in [5.74, 6) is -1.65. The van der Waals surface area contributed by atoms with Crippen LogP contribution in [-0.2, 0) is 9.59 Å². The number of aliphatic hydroxyl groups is 1. The van der Waals surface area contributed by atoms with Gasteiger partial charge in [-0.05, 0) is 30.8 Å². The van der Waals surface area contributed by atoms with Crippen molar-refractivity contribution >= 4 is 17.4 Å². The first kappa shape index (κ1) is 22.4. The third-order valence-electron chi connectivity index (χ3n) is 5.67. The number of carbonyl (C=O) groups is 2. The number of benzene rings is 2. The van der Waals surface area contributed by atoms with E-state index in [0.29, 0.717) is 18.8 Å². The molecule has 0 radical (unpaired) electrons. The fourth-order valence-electron chi connectivity index (χ4n) is 3.87. The summed E-state index contributed by atoms with van der Waals surface area (Å²) >= 11 is 0. The van der Waals surface area contributed by atoms with E-state index in [1.807, 2.05) is 44.2 Å². The maximum Gasteiger partial charge on any atom is 0.295 e. The van der Waals surface area contributed by atoms with Gasteiger partial charge in [0, 0.05) is 19.2 Å². The van der Waals surface area contributed by atoms with Crippen molar-refractivity contribution in [1.82, 2.24) is 9.80 Å². The lowest BCUT2D eigenvalue weighted by molar-refractivity contribution is -0.140. The Morgan fingerprint density at radius 1 is 1.10 bits per heavy atom. The third-order valence-corrected chi connectivity index (χ3v) is 5.67. The van der Waals surface area contributed by atoms with Crippen LogP contribution in [0.15, 0.2) is 54.1 Å². The average molecular weight is 424 g/mol. The molecule has 1 aliphatic heterocycles. The molecule has 0 aliphatic carbocycles. The lowest BCUT2D eigenvalue weighted by Crippen LogP contribution is -2.38. The maximum atomic E-state index is 13.0. The van der Waals surface area contributed by atoms with Crippen molar-refractivity contribution in [2.24, 2.45) is 0 Å². The molecule has 1 saturated heterocycles. The predicted molar refractivity (Wildman–Crippen MR) is 118 cm³/mol. The van der Waals surface area contributed by atoms with Crippen LogP contribution in [0.25, 0.3) is 5.76 Å². The van der Waals surface area contributed by atoms with Gasteiger partial charge in [0.1, 0.15) is 17.3 Å². The quantitative estimate of drug-likeness (QED) is 0.384. The number of phenolic OH excluding ortho intramolecular Hbond substituents is 1. The minimum absolute atomic E-state index is 0.0313. The van der Waals surface area contributed by atoms with Gasteiger partial charge in [0.2, 0.25) is 0 Å². The van der Waals surface area contributed by atoms with Crippen LogP contribution in [0.4, 0.5) is 0 Å². The molecule has 1 heterocycles. The lowest BCUT2D eigenvalue weighted by Gasteiger charge is -2.28. The second-order valence-corrected chi connectivity index (χ2v) is 7.31. The monoisotopic (exact) mass is 424 g/mol. The molecule has 1 fully saturated rings. The Kier molecular flexibility index (Phi) is 6.97. The van der Waals surface area contributed by atoms with Gasteiger partial charge < -0.3 is 24.7 Å².